The van der Waals surface area contributed by atoms with Crippen molar-refractivity contribution in [3.8, 4) is 0 Å². The van der Waals surface area contributed by atoms with Crippen molar-refractivity contribution in [1.29, 1.82) is 0 Å². The summed E-state index contributed by atoms with van der Waals surface area (Å²) in [4.78, 5) is 11.9. The average molecular weight is 256 g/mol. The molecule has 5 heteroatoms. The molecule has 104 valence electrons. The van der Waals surface area contributed by atoms with Crippen LogP contribution in [0.5, 0.6) is 0 Å². The second-order valence-electron chi connectivity index (χ2n) is 5.52. The van der Waals surface area contributed by atoms with E-state index < -0.39 is 0 Å². The topological polar surface area (TPSA) is 70.6 Å². The number of carbonyl (C=O) groups is 1. The highest BCUT2D eigenvalue weighted by Gasteiger charge is 2.32. The van der Waals surface area contributed by atoms with Crippen LogP contribution in [0.4, 0.5) is 4.79 Å². The summed E-state index contributed by atoms with van der Waals surface area (Å²) >= 11 is 0. The summed E-state index contributed by atoms with van der Waals surface area (Å²) in [6.07, 6.45) is 5.50. The van der Waals surface area contributed by atoms with Crippen LogP contribution >= 0.6 is 0 Å². The van der Waals surface area contributed by atoms with Gasteiger partial charge in [-0.25, -0.2) is 4.79 Å². The van der Waals surface area contributed by atoms with Crippen LogP contribution in [0.15, 0.2) is 0 Å². The number of carbonyl (C=O) groups excluding carboxylic acids is 1. The Labute approximate surface area is 108 Å². The fourth-order valence-electron chi connectivity index (χ4n) is 2.59. The molecule has 0 saturated heterocycles. The molecule has 0 aromatic rings. The van der Waals surface area contributed by atoms with E-state index in [-0.39, 0.29) is 24.2 Å². The molecule has 5 nitrogen and oxygen atoms in total. The first kappa shape index (κ1) is 13.6. The van der Waals surface area contributed by atoms with Gasteiger partial charge in [0.1, 0.15) is 0 Å². The van der Waals surface area contributed by atoms with Crippen LogP contribution in [0.1, 0.15) is 38.5 Å². The van der Waals surface area contributed by atoms with E-state index in [4.69, 9.17) is 4.74 Å². The molecule has 2 aliphatic carbocycles. The van der Waals surface area contributed by atoms with Crippen molar-refractivity contribution in [3.63, 3.8) is 0 Å². The lowest BCUT2D eigenvalue weighted by molar-refractivity contribution is 0.116. The number of nitrogens with one attached hydrogen (secondary N) is 2. The minimum absolute atomic E-state index is 0.0923. The van der Waals surface area contributed by atoms with Gasteiger partial charge in [-0.1, -0.05) is 0 Å². The Hall–Kier alpha value is -0.810. The van der Waals surface area contributed by atoms with Crippen LogP contribution in [0.2, 0.25) is 0 Å². The van der Waals surface area contributed by atoms with Gasteiger partial charge in [0.2, 0.25) is 0 Å². The maximum absolute atomic E-state index is 11.9. The summed E-state index contributed by atoms with van der Waals surface area (Å²) in [5, 5.41) is 15.4. The third-order valence-corrected chi connectivity index (χ3v) is 3.89. The molecular formula is C13H24N2O3. The zero-order valence-electron chi connectivity index (χ0n) is 11.0. The third kappa shape index (κ3) is 4.14. The maximum Gasteiger partial charge on any atom is 0.315 e. The normalized spacial score (nSPS) is 29.7. The molecule has 2 amide bonds. The van der Waals surface area contributed by atoms with Gasteiger partial charge in [-0.2, -0.15) is 0 Å². The minimum atomic E-state index is -0.182. The van der Waals surface area contributed by atoms with Gasteiger partial charge in [-0.3, -0.25) is 0 Å². The van der Waals surface area contributed by atoms with Crippen molar-refractivity contribution in [2.45, 2.75) is 56.7 Å². The smallest absolute Gasteiger partial charge is 0.315 e. The Balaban J connectivity index is 1.70. The van der Waals surface area contributed by atoms with E-state index in [1.165, 1.54) is 12.8 Å². The SMILES string of the molecule is COCC(NC(=O)NC1CCC(O)CC1)C1CC1. The summed E-state index contributed by atoms with van der Waals surface area (Å²) in [5.74, 6) is 0.587. The molecule has 2 aliphatic rings. The Kier molecular flexibility index (Phi) is 4.83. The molecule has 0 spiro atoms. The number of hydrogen-bond acceptors (Lipinski definition) is 3. The number of hydrogen-bond donors (Lipinski definition) is 3. The van der Waals surface area contributed by atoms with Crippen molar-refractivity contribution in [1.82, 2.24) is 10.6 Å². The van der Waals surface area contributed by atoms with Crippen LogP contribution in [0, 0.1) is 5.92 Å². The summed E-state index contributed by atoms with van der Waals surface area (Å²) in [6, 6.07) is 0.255. The quantitative estimate of drug-likeness (QED) is 0.687. The summed E-state index contributed by atoms with van der Waals surface area (Å²) in [5.41, 5.74) is 0. The third-order valence-electron chi connectivity index (χ3n) is 3.89. The molecule has 0 heterocycles. The van der Waals surface area contributed by atoms with Gasteiger partial charge in [0.15, 0.2) is 0 Å². The summed E-state index contributed by atoms with van der Waals surface area (Å²) < 4.78 is 5.13. The lowest BCUT2D eigenvalue weighted by Gasteiger charge is -2.27. The average Bonchev–Trinajstić information content (AvgIpc) is 3.16. The Morgan fingerprint density at radius 2 is 1.94 bits per heavy atom. The number of aliphatic hydroxyl groups excluding tert-OH is 1. The predicted molar refractivity (Wildman–Crippen MR) is 68.3 cm³/mol. The molecule has 1 atom stereocenters. The molecule has 0 aromatic carbocycles. The van der Waals surface area contributed by atoms with Gasteiger partial charge in [0, 0.05) is 13.2 Å². The molecule has 1 unspecified atom stereocenters. The number of amides is 2. The van der Waals surface area contributed by atoms with Crippen molar-refractivity contribution in [2.75, 3.05) is 13.7 Å². The van der Waals surface area contributed by atoms with Gasteiger partial charge >= 0.3 is 6.03 Å². The van der Waals surface area contributed by atoms with Crippen molar-refractivity contribution < 1.29 is 14.6 Å². The zero-order chi connectivity index (χ0) is 13.0. The van der Waals surface area contributed by atoms with E-state index in [1.807, 2.05) is 0 Å². The highest BCUT2D eigenvalue weighted by atomic mass is 16.5. The first-order valence-corrected chi connectivity index (χ1v) is 6.93. The minimum Gasteiger partial charge on any atom is -0.393 e. The molecule has 2 fully saturated rings. The number of methoxy groups -OCH3 is 1. The van der Waals surface area contributed by atoms with Crippen molar-refractivity contribution in [3.05, 3.63) is 0 Å². The van der Waals surface area contributed by atoms with Gasteiger partial charge < -0.3 is 20.5 Å². The molecule has 3 N–H and O–H groups in total. The predicted octanol–water partition coefficient (Wildman–Crippen LogP) is 1.01. The highest BCUT2D eigenvalue weighted by Crippen LogP contribution is 2.32. The van der Waals surface area contributed by atoms with Crippen LogP contribution in [0.3, 0.4) is 0 Å². The van der Waals surface area contributed by atoms with E-state index >= 15 is 0 Å². The molecule has 0 aliphatic heterocycles. The number of ether oxygens (including phenoxy) is 1. The molecule has 2 saturated carbocycles. The van der Waals surface area contributed by atoms with Crippen molar-refractivity contribution >= 4 is 6.03 Å². The van der Waals surface area contributed by atoms with Gasteiger partial charge in [-0.05, 0) is 44.4 Å². The van der Waals surface area contributed by atoms with E-state index in [9.17, 15) is 9.90 Å². The van der Waals surface area contributed by atoms with E-state index in [1.54, 1.807) is 7.11 Å². The molecule has 18 heavy (non-hydrogen) atoms. The van der Waals surface area contributed by atoms with Crippen LogP contribution < -0.4 is 10.6 Å². The molecule has 0 radical (unpaired) electrons. The lowest BCUT2D eigenvalue weighted by Crippen LogP contribution is -2.49. The van der Waals surface area contributed by atoms with Crippen LogP contribution in [-0.2, 0) is 4.74 Å². The summed E-state index contributed by atoms with van der Waals surface area (Å²) in [6.45, 7) is 0.585. The first-order chi connectivity index (χ1) is 8.69. The van der Waals surface area contributed by atoms with Gasteiger partial charge in [-0.15, -0.1) is 0 Å². The molecule has 0 aromatic heterocycles. The fraction of sp³-hybridized carbons (Fsp3) is 0.923. The first-order valence-electron chi connectivity index (χ1n) is 6.93. The Morgan fingerprint density at radius 1 is 1.28 bits per heavy atom. The number of urea groups is 1. The fourth-order valence-corrected chi connectivity index (χ4v) is 2.59. The molecule has 2 rings (SSSR count). The summed E-state index contributed by atoms with van der Waals surface area (Å²) in [7, 11) is 1.66. The molecule has 0 bridgehead atoms. The maximum atomic E-state index is 11.9. The second kappa shape index (κ2) is 6.38. The van der Waals surface area contributed by atoms with Gasteiger partial charge in [0.25, 0.3) is 0 Å². The standard InChI is InChI=1S/C13H24N2O3/c1-18-8-12(9-2-3-9)15-13(17)14-10-4-6-11(16)7-5-10/h9-12,16H,2-8H2,1H3,(H2,14,15,17). The zero-order valence-corrected chi connectivity index (χ0v) is 11.0. The molecular weight excluding hydrogens is 232 g/mol. The van der Waals surface area contributed by atoms with E-state index in [0.29, 0.717) is 12.5 Å². The van der Waals surface area contributed by atoms with Gasteiger partial charge in [0.05, 0.1) is 18.8 Å². The van der Waals surface area contributed by atoms with E-state index in [2.05, 4.69) is 10.6 Å². The van der Waals surface area contributed by atoms with E-state index in [0.717, 1.165) is 25.7 Å². The lowest BCUT2D eigenvalue weighted by atomic mass is 9.93. The second-order valence-corrected chi connectivity index (χ2v) is 5.52. The van der Waals surface area contributed by atoms with Crippen LogP contribution in [-0.4, -0.2) is 43.0 Å². The van der Waals surface area contributed by atoms with Crippen LogP contribution in [0.25, 0.3) is 0 Å². The monoisotopic (exact) mass is 256 g/mol. The van der Waals surface area contributed by atoms with Crippen molar-refractivity contribution in [2.24, 2.45) is 5.92 Å². The Bertz CT molecular complexity index is 273. The largest absolute Gasteiger partial charge is 0.393 e. The number of aliphatic hydroxyl groups is 1. The highest BCUT2D eigenvalue weighted by molar-refractivity contribution is 5.74. The number of rotatable bonds is 5. The Morgan fingerprint density at radius 3 is 2.50 bits per heavy atom.